The van der Waals surface area contributed by atoms with E-state index in [9.17, 15) is 0 Å². The fourth-order valence-electron chi connectivity index (χ4n) is 1.62. The van der Waals surface area contributed by atoms with E-state index in [4.69, 9.17) is 21.6 Å². The first-order chi connectivity index (χ1) is 8.10. The number of hydrogen-bond donors (Lipinski definition) is 0. The lowest BCUT2D eigenvalue weighted by molar-refractivity contribution is 0.414. The number of anilines is 1. The first kappa shape index (κ1) is 13.7. The molecule has 0 aliphatic carbocycles. The van der Waals surface area contributed by atoms with Crippen molar-refractivity contribution in [1.82, 2.24) is 0 Å². The van der Waals surface area contributed by atoms with Gasteiger partial charge in [0.1, 0.15) is 5.75 Å². The van der Waals surface area contributed by atoms with Crippen LogP contribution in [0, 0.1) is 18.3 Å². The van der Waals surface area contributed by atoms with Crippen molar-refractivity contribution in [3.05, 3.63) is 22.7 Å². The molecule has 1 aromatic rings. The van der Waals surface area contributed by atoms with Gasteiger partial charge in [0, 0.05) is 25.0 Å². The van der Waals surface area contributed by atoms with Gasteiger partial charge >= 0.3 is 0 Å². The highest BCUT2D eigenvalue weighted by Crippen LogP contribution is 2.33. The highest BCUT2D eigenvalue weighted by atomic mass is 35.5. The van der Waals surface area contributed by atoms with Gasteiger partial charge in [-0.3, -0.25) is 0 Å². The third-order valence-electron chi connectivity index (χ3n) is 2.65. The Labute approximate surface area is 108 Å². The van der Waals surface area contributed by atoms with Gasteiger partial charge in [0.05, 0.1) is 18.9 Å². The summed E-state index contributed by atoms with van der Waals surface area (Å²) >= 11 is 6.11. The van der Waals surface area contributed by atoms with E-state index in [0.29, 0.717) is 6.42 Å². The lowest BCUT2D eigenvalue weighted by atomic mass is 10.2. The summed E-state index contributed by atoms with van der Waals surface area (Å²) in [6.07, 6.45) is 1.40. The summed E-state index contributed by atoms with van der Waals surface area (Å²) in [6, 6.07) is 5.97. The number of hydrogen-bond acceptors (Lipinski definition) is 3. The number of methoxy groups -OCH3 is 1. The molecular formula is C13H17ClN2O. The SMILES string of the molecule is COc1cc(C)c(Cl)cc1N(C)CCCC#N. The summed E-state index contributed by atoms with van der Waals surface area (Å²) in [5, 5.41) is 9.25. The van der Waals surface area contributed by atoms with E-state index in [1.807, 2.05) is 26.1 Å². The Morgan fingerprint density at radius 1 is 1.47 bits per heavy atom. The van der Waals surface area contributed by atoms with Crippen molar-refractivity contribution >= 4 is 17.3 Å². The Morgan fingerprint density at radius 2 is 2.18 bits per heavy atom. The quantitative estimate of drug-likeness (QED) is 0.754. The predicted molar refractivity (Wildman–Crippen MR) is 70.9 cm³/mol. The molecule has 0 aliphatic rings. The lowest BCUT2D eigenvalue weighted by Gasteiger charge is -2.22. The van der Waals surface area contributed by atoms with Crippen LogP contribution in [-0.2, 0) is 0 Å². The largest absolute Gasteiger partial charge is 0.495 e. The van der Waals surface area contributed by atoms with Crippen LogP contribution >= 0.6 is 11.6 Å². The van der Waals surface area contributed by atoms with Crippen LogP contribution in [0.1, 0.15) is 18.4 Å². The van der Waals surface area contributed by atoms with E-state index in [1.165, 1.54) is 0 Å². The van der Waals surface area contributed by atoms with Crippen LogP contribution in [-0.4, -0.2) is 20.7 Å². The van der Waals surface area contributed by atoms with Crippen molar-refractivity contribution in [2.24, 2.45) is 0 Å². The van der Waals surface area contributed by atoms with Crippen molar-refractivity contribution in [3.8, 4) is 11.8 Å². The zero-order valence-electron chi connectivity index (χ0n) is 10.5. The molecule has 3 nitrogen and oxygen atoms in total. The Balaban J connectivity index is 2.88. The van der Waals surface area contributed by atoms with Crippen LogP contribution in [0.4, 0.5) is 5.69 Å². The van der Waals surface area contributed by atoms with Gasteiger partial charge in [0.25, 0.3) is 0 Å². The Hall–Kier alpha value is -1.40. The maximum absolute atomic E-state index is 8.52. The Kier molecular flexibility index (Phi) is 5.11. The van der Waals surface area contributed by atoms with Crippen LogP contribution < -0.4 is 9.64 Å². The molecule has 0 saturated carbocycles. The fraction of sp³-hybridized carbons (Fsp3) is 0.462. The van der Waals surface area contributed by atoms with Crippen molar-refractivity contribution in [2.45, 2.75) is 19.8 Å². The van der Waals surface area contributed by atoms with E-state index >= 15 is 0 Å². The van der Waals surface area contributed by atoms with E-state index in [0.717, 1.165) is 35.0 Å². The maximum atomic E-state index is 8.52. The normalized spacial score (nSPS) is 9.82. The average molecular weight is 253 g/mol. The van der Waals surface area contributed by atoms with Gasteiger partial charge in [-0.2, -0.15) is 5.26 Å². The van der Waals surface area contributed by atoms with Crippen LogP contribution in [0.5, 0.6) is 5.75 Å². The second-order valence-corrected chi connectivity index (χ2v) is 4.36. The summed E-state index contributed by atoms with van der Waals surface area (Å²) in [5.74, 6) is 0.811. The Morgan fingerprint density at radius 3 is 2.76 bits per heavy atom. The molecule has 92 valence electrons. The van der Waals surface area contributed by atoms with E-state index in [1.54, 1.807) is 7.11 Å². The number of rotatable bonds is 5. The number of halogens is 1. The Bertz CT molecular complexity index is 426. The molecule has 0 spiro atoms. The molecule has 0 N–H and O–H groups in total. The molecular weight excluding hydrogens is 236 g/mol. The number of nitriles is 1. The summed E-state index contributed by atoms with van der Waals surface area (Å²) in [5.41, 5.74) is 1.96. The van der Waals surface area contributed by atoms with Gasteiger partial charge < -0.3 is 9.64 Å². The van der Waals surface area contributed by atoms with Crippen LogP contribution in [0.15, 0.2) is 12.1 Å². The average Bonchev–Trinajstić information content (AvgIpc) is 2.32. The lowest BCUT2D eigenvalue weighted by Crippen LogP contribution is -2.19. The predicted octanol–water partition coefficient (Wildman–Crippen LogP) is 3.40. The topological polar surface area (TPSA) is 36.3 Å². The molecule has 0 saturated heterocycles. The third-order valence-corrected chi connectivity index (χ3v) is 3.06. The zero-order chi connectivity index (χ0) is 12.8. The van der Waals surface area contributed by atoms with E-state index in [2.05, 4.69) is 11.0 Å². The standard InChI is InChI=1S/C13H17ClN2O/c1-10-8-13(17-3)12(9-11(10)14)16(2)7-5-4-6-15/h8-9H,4-5,7H2,1-3H3. The third kappa shape index (κ3) is 3.54. The molecule has 0 fully saturated rings. The first-order valence-corrected chi connectivity index (χ1v) is 5.90. The molecule has 17 heavy (non-hydrogen) atoms. The molecule has 0 unspecified atom stereocenters. The van der Waals surface area contributed by atoms with Crippen molar-refractivity contribution in [1.29, 1.82) is 5.26 Å². The van der Waals surface area contributed by atoms with Gasteiger partial charge in [0.15, 0.2) is 0 Å². The molecule has 0 aliphatic heterocycles. The number of unbranched alkanes of at least 4 members (excludes halogenated alkanes) is 1. The van der Waals surface area contributed by atoms with Gasteiger partial charge in [-0.05, 0) is 31.0 Å². The molecule has 4 heteroatoms. The van der Waals surface area contributed by atoms with Gasteiger partial charge in [-0.15, -0.1) is 0 Å². The number of nitrogens with zero attached hydrogens (tertiary/aromatic N) is 2. The minimum absolute atomic E-state index is 0.562. The van der Waals surface area contributed by atoms with E-state index < -0.39 is 0 Å². The van der Waals surface area contributed by atoms with Crippen molar-refractivity contribution in [2.75, 3.05) is 25.6 Å². The molecule has 1 rings (SSSR count). The second-order valence-electron chi connectivity index (χ2n) is 3.96. The smallest absolute Gasteiger partial charge is 0.142 e. The van der Waals surface area contributed by atoms with Crippen LogP contribution in [0.3, 0.4) is 0 Å². The highest BCUT2D eigenvalue weighted by Gasteiger charge is 2.10. The maximum Gasteiger partial charge on any atom is 0.142 e. The molecule has 0 atom stereocenters. The number of benzene rings is 1. The van der Waals surface area contributed by atoms with Crippen LogP contribution in [0.25, 0.3) is 0 Å². The summed E-state index contributed by atoms with van der Waals surface area (Å²) in [4.78, 5) is 2.06. The fourth-order valence-corrected chi connectivity index (χ4v) is 1.78. The highest BCUT2D eigenvalue weighted by molar-refractivity contribution is 6.31. The summed E-state index contributed by atoms with van der Waals surface area (Å²) in [6.45, 7) is 2.76. The molecule has 0 heterocycles. The molecule has 0 aromatic heterocycles. The zero-order valence-corrected chi connectivity index (χ0v) is 11.2. The van der Waals surface area contributed by atoms with Crippen LogP contribution in [0.2, 0.25) is 5.02 Å². The summed E-state index contributed by atoms with van der Waals surface area (Å²) < 4.78 is 5.34. The van der Waals surface area contributed by atoms with Crippen molar-refractivity contribution < 1.29 is 4.74 Å². The monoisotopic (exact) mass is 252 g/mol. The molecule has 0 amide bonds. The van der Waals surface area contributed by atoms with Crippen molar-refractivity contribution in [3.63, 3.8) is 0 Å². The first-order valence-electron chi connectivity index (χ1n) is 5.52. The van der Waals surface area contributed by atoms with E-state index in [-0.39, 0.29) is 0 Å². The van der Waals surface area contributed by atoms with Gasteiger partial charge in [-0.1, -0.05) is 11.6 Å². The molecule has 1 aromatic carbocycles. The molecule has 0 bridgehead atoms. The number of ether oxygens (including phenoxy) is 1. The molecule has 0 radical (unpaired) electrons. The van der Waals surface area contributed by atoms with Gasteiger partial charge in [0.2, 0.25) is 0 Å². The minimum Gasteiger partial charge on any atom is -0.495 e. The minimum atomic E-state index is 0.562. The number of aryl methyl sites for hydroxylation is 1. The second kappa shape index (κ2) is 6.36. The summed E-state index contributed by atoms with van der Waals surface area (Å²) in [7, 11) is 3.62. The van der Waals surface area contributed by atoms with Gasteiger partial charge in [-0.25, -0.2) is 0 Å².